The summed E-state index contributed by atoms with van der Waals surface area (Å²) in [5.74, 6) is 0.547. The smallest absolute Gasteiger partial charge is 0.0596 e. The Hall–Kier alpha value is -0.500. The summed E-state index contributed by atoms with van der Waals surface area (Å²) in [6, 6.07) is 2.13. The molecule has 0 N–H and O–H groups in total. The zero-order valence-corrected chi connectivity index (χ0v) is 10.2. The largest absolute Gasteiger partial charge is 0.272 e. The van der Waals surface area contributed by atoms with Crippen molar-refractivity contribution in [1.29, 1.82) is 0 Å². The van der Waals surface area contributed by atoms with E-state index >= 15 is 0 Å². The number of aryl methyl sites for hydroxylation is 3. The molecule has 0 amide bonds. The third-order valence-electron chi connectivity index (χ3n) is 2.50. The predicted molar refractivity (Wildman–Crippen MR) is 60.7 cm³/mol. The lowest BCUT2D eigenvalue weighted by atomic mass is 10.0. The lowest BCUT2D eigenvalue weighted by Gasteiger charge is -2.12. The summed E-state index contributed by atoms with van der Waals surface area (Å²) in [6.45, 7) is 6.34. The van der Waals surface area contributed by atoms with Gasteiger partial charge in [-0.2, -0.15) is 5.10 Å². The molecule has 1 aromatic rings. The molecule has 0 saturated carbocycles. The van der Waals surface area contributed by atoms with Crippen molar-refractivity contribution in [3.63, 3.8) is 0 Å². The van der Waals surface area contributed by atoms with Crippen LogP contribution in [0, 0.1) is 12.8 Å². The Morgan fingerprint density at radius 3 is 2.57 bits per heavy atom. The van der Waals surface area contributed by atoms with Gasteiger partial charge in [0.05, 0.1) is 5.69 Å². The molecule has 0 fully saturated rings. The Labute approximate surface area is 91.3 Å². The van der Waals surface area contributed by atoms with E-state index in [-0.39, 0.29) is 5.38 Å². The second kappa shape index (κ2) is 4.83. The molecule has 1 atom stereocenters. The van der Waals surface area contributed by atoms with Crippen LogP contribution in [0.15, 0.2) is 6.07 Å². The highest BCUT2D eigenvalue weighted by atomic mass is 35.5. The van der Waals surface area contributed by atoms with E-state index in [9.17, 15) is 0 Å². The molecule has 0 bridgehead atoms. The number of hydrogen-bond donors (Lipinski definition) is 0. The molecule has 1 unspecified atom stereocenters. The van der Waals surface area contributed by atoms with Crippen molar-refractivity contribution in [3.8, 4) is 0 Å². The summed E-state index contributed by atoms with van der Waals surface area (Å²) in [6.07, 6.45) is 2.04. The maximum absolute atomic E-state index is 6.20. The predicted octanol–water partition coefficient (Wildman–Crippen LogP) is 2.92. The van der Waals surface area contributed by atoms with E-state index in [4.69, 9.17) is 11.6 Å². The summed E-state index contributed by atoms with van der Waals surface area (Å²) in [4.78, 5) is 0. The van der Waals surface area contributed by atoms with E-state index in [2.05, 4.69) is 25.0 Å². The fraction of sp³-hybridized carbons (Fsp3) is 0.727. The van der Waals surface area contributed by atoms with Gasteiger partial charge in [-0.1, -0.05) is 13.8 Å². The van der Waals surface area contributed by atoms with Crippen molar-refractivity contribution < 1.29 is 0 Å². The molecule has 1 heterocycles. The summed E-state index contributed by atoms with van der Waals surface area (Å²) in [7, 11) is 1.99. The molecule has 3 heteroatoms. The third kappa shape index (κ3) is 3.02. The molecular formula is C11H19ClN2. The molecule has 0 aromatic carbocycles. The minimum atomic E-state index is 0.269. The molecule has 0 saturated heterocycles. The topological polar surface area (TPSA) is 17.8 Å². The maximum Gasteiger partial charge on any atom is 0.0596 e. The molecule has 0 aliphatic rings. The standard InChI is InChI=1S/C11H19ClN2/c1-8(2)11(12)6-5-10-7-9(3)13-14(10)4/h7-8,11H,5-6H2,1-4H3. The Balaban J connectivity index is 2.49. The van der Waals surface area contributed by atoms with Gasteiger partial charge in [-0.15, -0.1) is 11.6 Å². The average Bonchev–Trinajstić information content (AvgIpc) is 2.40. The second-order valence-electron chi connectivity index (χ2n) is 4.20. The highest BCUT2D eigenvalue weighted by molar-refractivity contribution is 6.20. The monoisotopic (exact) mass is 214 g/mol. The van der Waals surface area contributed by atoms with Crippen molar-refractivity contribution in [3.05, 3.63) is 17.5 Å². The van der Waals surface area contributed by atoms with Crippen molar-refractivity contribution in [2.45, 2.75) is 39.0 Å². The minimum Gasteiger partial charge on any atom is -0.272 e. The minimum absolute atomic E-state index is 0.269. The highest BCUT2D eigenvalue weighted by Crippen LogP contribution is 2.16. The van der Waals surface area contributed by atoms with Crippen molar-refractivity contribution in [2.24, 2.45) is 13.0 Å². The van der Waals surface area contributed by atoms with Gasteiger partial charge in [-0.3, -0.25) is 4.68 Å². The first kappa shape index (κ1) is 11.6. The maximum atomic E-state index is 6.20. The van der Waals surface area contributed by atoms with E-state index < -0.39 is 0 Å². The number of rotatable bonds is 4. The lowest BCUT2D eigenvalue weighted by molar-refractivity contribution is 0.553. The molecule has 0 radical (unpaired) electrons. The first-order valence-corrected chi connectivity index (χ1v) is 5.58. The van der Waals surface area contributed by atoms with E-state index in [0.717, 1.165) is 18.5 Å². The molecule has 0 aliphatic carbocycles. The average molecular weight is 215 g/mol. The van der Waals surface area contributed by atoms with Crippen LogP contribution in [0.4, 0.5) is 0 Å². The first-order valence-electron chi connectivity index (χ1n) is 5.14. The Bertz CT molecular complexity index is 291. The van der Waals surface area contributed by atoms with Gasteiger partial charge in [0.25, 0.3) is 0 Å². The van der Waals surface area contributed by atoms with Crippen molar-refractivity contribution >= 4 is 11.6 Å². The number of halogens is 1. The van der Waals surface area contributed by atoms with Gasteiger partial charge in [0, 0.05) is 18.1 Å². The van der Waals surface area contributed by atoms with Gasteiger partial charge < -0.3 is 0 Å². The van der Waals surface area contributed by atoms with Gasteiger partial charge in [0.2, 0.25) is 0 Å². The van der Waals surface area contributed by atoms with Crippen LogP contribution < -0.4 is 0 Å². The fourth-order valence-corrected chi connectivity index (χ4v) is 1.63. The van der Waals surface area contributed by atoms with Gasteiger partial charge in [0.1, 0.15) is 0 Å². The zero-order valence-electron chi connectivity index (χ0n) is 9.42. The number of alkyl halides is 1. The summed E-state index contributed by atoms with van der Waals surface area (Å²) >= 11 is 6.20. The number of aromatic nitrogens is 2. The van der Waals surface area contributed by atoms with Crippen LogP contribution in [0.1, 0.15) is 31.7 Å². The van der Waals surface area contributed by atoms with E-state index in [1.54, 1.807) is 0 Å². The zero-order chi connectivity index (χ0) is 10.7. The van der Waals surface area contributed by atoms with Crippen LogP contribution in [0.2, 0.25) is 0 Å². The van der Waals surface area contributed by atoms with Crippen LogP contribution in [0.5, 0.6) is 0 Å². The molecule has 1 rings (SSSR count). The van der Waals surface area contributed by atoms with Gasteiger partial charge in [-0.05, 0) is 31.7 Å². The highest BCUT2D eigenvalue weighted by Gasteiger charge is 2.11. The van der Waals surface area contributed by atoms with E-state index in [1.165, 1.54) is 5.69 Å². The molecule has 14 heavy (non-hydrogen) atoms. The van der Waals surface area contributed by atoms with Crippen LogP contribution >= 0.6 is 11.6 Å². The molecule has 0 aliphatic heterocycles. The number of nitrogens with zero attached hydrogens (tertiary/aromatic N) is 2. The quantitative estimate of drug-likeness (QED) is 0.705. The molecule has 2 nitrogen and oxygen atoms in total. The third-order valence-corrected chi connectivity index (χ3v) is 3.22. The molecule has 0 spiro atoms. The lowest BCUT2D eigenvalue weighted by Crippen LogP contribution is -2.10. The molecule has 80 valence electrons. The van der Waals surface area contributed by atoms with Crippen molar-refractivity contribution in [1.82, 2.24) is 9.78 Å². The summed E-state index contributed by atoms with van der Waals surface area (Å²) in [5, 5.41) is 4.58. The van der Waals surface area contributed by atoms with Crippen LogP contribution in [-0.4, -0.2) is 15.2 Å². The van der Waals surface area contributed by atoms with E-state index in [1.807, 2.05) is 18.7 Å². The van der Waals surface area contributed by atoms with Crippen LogP contribution in [0.25, 0.3) is 0 Å². The SMILES string of the molecule is Cc1cc(CCC(Cl)C(C)C)n(C)n1. The normalized spacial score (nSPS) is 13.6. The van der Waals surface area contributed by atoms with Gasteiger partial charge in [0.15, 0.2) is 0 Å². The Kier molecular flexibility index (Phi) is 3.99. The fourth-order valence-electron chi connectivity index (χ4n) is 1.52. The van der Waals surface area contributed by atoms with Crippen LogP contribution in [0.3, 0.4) is 0 Å². The van der Waals surface area contributed by atoms with Crippen LogP contribution in [-0.2, 0) is 13.5 Å². The van der Waals surface area contributed by atoms with Gasteiger partial charge in [-0.25, -0.2) is 0 Å². The number of hydrogen-bond acceptors (Lipinski definition) is 1. The summed E-state index contributed by atoms with van der Waals surface area (Å²) < 4.78 is 1.94. The molecular weight excluding hydrogens is 196 g/mol. The van der Waals surface area contributed by atoms with E-state index in [0.29, 0.717) is 5.92 Å². The second-order valence-corrected chi connectivity index (χ2v) is 4.76. The molecule has 1 aromatic heterocycles. The Morgan fingerprint density at radius 1 is 1.50 bits per heavy atom. The van der Waals surface area contributed by atoms with Crippen molar-refractivity contribution in [2.75, 3.05) is 0 Å². The Morgan fingerprint density at radius 2 is 2.14 bits per heavy atom. The summed E-state index contributed by atoms with van der Waals surface area (Å²) in [5.41, 5.74) is 2.35. The first-order chi connectivity index (χ1) is 6.50. The van der Waals surface area contributed by atoms with Gasteiger partial charge >= 0.3 is 0 Å².